The lowest BCUT2D eigenvalue weighted by molar-refractivity contribution is 0.413. The summed E-state index contributed by atoms with van der Waals surface area (Å²) in [5.41, 5.74) is 0. The van der Waals surface area contributed by atoms with Gasteiger partial charge in [-0.3, -0.25) is 0 Å². The second-order valence-electron chi connectivity index (χ2n) is 4.18. The predicted octanol–water partition coefficient (Wildman–Crippen LogP) is 4.90. The highest BCUT2D eigenvalue weighted by atomic mass is 79.9. The Labute approximate surface area is 112 Å². The first-order valence-corrected chi connectivity index (χ1v) is 6.33. The van der Waals surface area contributed by atoms with Gasteiger partial charge in [0.1, 0.15) is 11.6 Å². The summed E-state index contributed by atoms with van der Waals surface area (Å²) in [5, 5.41) is 4.06. The number of halogens is 2. The van der Waals surface area contributed by atoms with Crippen LogP contribution in [0.4, 0.5) is 4.39 Å². The molecule has 18 heavy (non-hydrogen) atoms. The molecule has 3 rings (SSSR count). The molecule has 0 N–H and O–H groups in total. The monoisotopic (exact) mass is 304 g/mol. The molecule has 0 aromatic heterocycles. The molecule has 0 spiro atoms. The average Bonchev–Trinajstić information content (AvgIpc) is 2.35. The molecule has 3 heteroatoms. The maximum atomic E-state index is 13.2. The van der Waals surface area contributed by atoms with Crippen molar-refractivity contribution in [2.24, 2.45) is 0 Å². The zero-order valence-electron chi connectivity index (χ0n) is 9.71. The lowest BCUT2D eigenvalue weighted by Crippen LogP contribution is -1.85. The minimum absolute atomic E-state index is 0.213. The fourth-order valence-electron chi connectivity index (χ4n) is 2.13. The summed E-state index contributed by atoms with van der Waals surface area (Å²) in [6.07, 6.45) is 0. The number of rotatable bonds is 1. The van der Waals surface area contributed by atoms with Gasteiger partial charge in [-0.15, -0.1) is 0 Å². The Morgan fingerprint density at radius 3 is 2.33 bits per heavy atom. The Kier molecular flexibility index (Phi) is 2.71. The Morgan fingerprint density at radius 2 is 1.56 bits per heavy atom. The summed E-state index contributed by atoms with van der Waals surface area (Å²) in [4.78, 5) is 0. The normalized spacial score (nSPS) is 11.1. The molecular weight excluding hydrogens is 295 g/mol. The highest BCUT2D eigenvalue weighted by Crippen LogP contribution is 2.32. The second-order valence-corrected chi connectivity index (χ2v) is 5.03. The van der Waals surface area contributed by atoms with Gasteiger partial charge in [-0.25, -0.2) is 4.39 Å². The molecule has 0 saturated carbocycles. The number of hydrogen-bond donors (Lipinski definition) is 0. The number of ether oxygens (including phenoxy) is 1. The van der Waals surface area contributed by atoms with E-state index in [1.54, 1.807) is 19.2 Å². The molecule has 0 radical (unpaired) electrons. The molecule has 0 unspecified atom stereocenters. The highest BCUT2D eigenvalue weighted by Gasteiger charge is 2.05. The van der Waals surface area contributed by atoms with E-state index in [0.29, 0.717) is 0 Å². The highest BCUT2D eigenvalue weighted by molar-refractivity contribution is 9.10. The summed E-state index contributed by atoms with van der Waals surface area (Å²) >= 11 is 3.46. The van der Waals surface area contributed by atoms with Crippen LogP contribution >= 0.6 is 15.9 Å². The predicted molar refractivity (Wildman–Crippen MR) is 75.7 cm³/mol. The average molecular weight is 305 g/mol. The summed E-state index contributed by atoms with van der Waals surface area (Å²) in [7, 11) is 1.64. The Morgan fingerprint density at radius 1 is 0.889 bits per heavy atom. The van der Waals surface area contributed by atoms with Crippen LogP contribution in [0.2, 0.25) is 0 Å². The van der Waals surface area contributed by atoms with Crippen LogP contribution in [0, 0.1) is 5.82 Å². The van der Waals surface area contributed by atoms with Crippen molar-refractivity contribution in [2.45, 2.75) is 0 Å². The molecule has 1 nitrogen and oxygen atoms in total. The summed E-state index contributed by atoms with van der Waals surface area (Å²) in [6.45, 7) is 0. The Balaban J connectivity index is 2.37. The van der Waals surface area contributed by atoms with E-state index in [4.69, 9.17) is 4.74 Å². The van der Waals surface area contributed by atoms with Gasteiger partial charge >= 0.3 is 0 Å². The molecular formula is C15H10BrFO. The van der Waals surface area contributed by atoms with E-state index in [2.05, 4.69) is 15.9 Å². The molecule has 3 aromatic rings. The van der Waals surface area contributed by atoms with Gasteiger partial charge in [0, 0.05) is 0 Å². The van der Waals surface area contributed by atoms with Gasteiger partial charge in [-0.2, -0.15) is 0 Å². The van der Waals surface area contributed by atoms with E-state index >= 15 is 0 Å². The lowest BCUT2D eigenvalue weighted by atomic mass is 10.0. The first-order chi connectivity index (χ1) is 8.67. The first-order valence-electron chi connectivity index (χ1n) is 5.54. The second kappa shape index (κ2) is 4.25. The van der Waals surface area contributed by atoms with Gasteiger partial charge in [0.25, 0.3) is 0 Å². The SMILES string of the molecule is COc1cc2cc3ccc(F)cc3cc2cc1Br. The van der Waals surface area contributed by atoms with Gasteiger partial charge < -0.3 is 4.74 Å². The summed E-state index contributed by atoms with van der Waals surface area (Å²) < 4.78 is 19.4. The van der Waals surface area contributed by atoms with Crippen molar-refractivity contribution < 1.29 is 9.13 Å². The minimum atomic E-state index is -0.213. The van der Waals surface area contributed by atoms with Crippen molar-refractivity contribution in [3.8, 4) is 5.75 Å². The van der Waals surface area contributed by atoms with Gasteiger partial charge in [0.05, 0.1) is 11.6 Å². The van der Waals surface area contributed by atoms with E-state index in [0.717, 1.165) is 31.8 Å². The largest absolute Gasteiger partial charge is 0.496 e. The van der Waals surface area contributed by atoms with Gasteiger partial charge in [-0.1, -0.05) is 6.07 Å². The fraction of sp³-hybridized carbons (Fsp3) is 0.0667. The van der Waals surface area contributed by atoms with Gasteiger partial charge in [-0.05, 0) is 73.9 Å². The van der Waals surface area contributed by atoms with Crippen LogP contribution in [0.1, 0.15) is 0 Å². The third-order valence-corrected chi connectivity index (χ3v) is 3.65. The van der Waals surface area contributed by atoms with Crippen LogP contribution in [0.15, 0.2) is 46.9 Å². The zero-order chi connectivity index (χ0) is 12.7. The maximum Gasteiger partial charge on any atom is 0.133 e. The Hall–Kier alpha value is -1.61. The molecule has 0 bridgehead atoms. The quantitative estimate of drug-likeness (QED) is 0.581. The molecule has 0 saturated heterocycles. The fourth-order valence-corrected chi connectivity index (χ4v) is 2.65. The smallest absolute Gasteiger partial charge is 0.133 e. The molecule has 0 amide bonds. The molecule has 0 atom stereocenters. The van der Waals surface area contributed by atoms with E-state index in [1.807, 2.05) is 24.3 Å². The molecule has 0 aliphatic rings. The van der Waals surface area contributed by atoms with E-state index in [1.165, 1.54) is 6.07 Å². The van der Waals surface area contributed by atoms with Crippen molar-refractivity contribution in [3.63, 3.8) is 0 Å². The number of fused-ring (bicyclic) bond motifs is 2. The first kappa shape index (κ1) is 11.5. The minimum Gasteiger partial charge on any atom is -0.496 e. The van der Waals surface area contributed by atoms with Crippen LogP contribution in [-0.2, 0) is 0 Å². The van der Waals surface area contributed by atoms with Gasteiger partial charge in [0.15, 0.2) is 0 Å². The van der Waals surface area contributed by atoms with E-state index in [9.17, 15) is 4.39 Å². The Bertz CT molecular complexity index is 752. The van der Waals surface area contributed by atoms with Crippen molar-refractivity contribution in [2.75, 3.05) is 7.11 Å². The molecule has 0 aliphatic heterocycles. The van der Waals surface area contributed by atoms with E-state index < -0.39 is 0 Å². The van der Waals surface area contributed by atoms with Crippen molar-refractivity contribution in [3.05, 3.63) is 52.8 Å². The van der Waals surface area contributed by atoms with Crippen LogP contribution in [0.3, 0.4) is 0 Å². The van der Waals surface area contributed by atoms with Gasteiger partial charge in [0.2, 0.25) is 0 Å². The topological polar surface area (TPSA) is 9.23 Å². The summed E-state index contributed by atoms with van der Waals surface area (Å²) in [6, 6.07) is 12.8. The van der Waals surface area contributed by atoms with E-state index in [-0.39, 0.29) is 5.82 Å². The third kappa shape index (κ3) is 1.85. The van der Waals surface area contributed by atoms with Crippen LogP contribution < -0.4 is 4.74 Å². The molecule has 0 heterocycles. The number of methoxy groups -OCH3 is 1. The third-order valence-electron chi connectivity index (χ3n) is 3.03. The standard InChI is InChI=1S/C15H10BrFO/c1-18-15-8-12-4-9-2-3-13(17)6-10(9)5-11(12)7-14(15)16/h2-8H,1H3. The molecule has 0 aliphatic carbocycles. The lowest BCUT2D eigenvalue weighted by Gasteiger charge is -2.07. The number of hydrogen-bond acceptors (Lipinski definition) is 1. The number of benzene rings is 3. The molecule has 0 fully saturated rings. The molecule has 3 aromatic carbocycles. The van der Waals surface area contributed by atoms with Crippen molar-refractivity contribution in [1.82, 2.24) is 0 Å². The van der Waals surface area contributed by atoms with Crippen LogP contribution in [-0.4, -0.2) is 7.11 Å². The maximum absolute atomic E-state index is 13.2. The van der Waals surface area contributed by atoms with Crippen LogP contribution in [0.25, 0.3) is 21.5 Å². The molecule has 90 valence electrons. The zero-order valence-corrected chi connectivity index (χ0v) is 11.3. The van der Waals surface area contributed by atoms with Crippen molar-refractivity contribution in [1.29, 1.82) is 0 Å². The summed E-state index contributed by atoms with van der Waals surface area (Å²) in [5.74, 6) is 0.582. The van der Waals surface area contributed by atoms with Crippen molar-refractivity contribution >= 4 is 37.5 Å². The van der Waals surface area contributed by atoms with Crippen LogP contribution in [0.5, 0.6) is 5.75 Å².